The van der Waals surface area contributed by atoms with Gasteiger partial charge in [-0.15, -0.1) is 0 Å². The molecule has 6 nitrogen and oxygen atoms in total. The Balaban J connectivity index is 1.83. The molecule has 0 aliphatic carbocycles. The fraction of sp³-hybridized carbons (Fsp3) is 0.444. The molecule has 2 heterocycles. The average molecular weight is 328 g/mol. The van der Waals surface area contributed by atoms with Crippen molar-refractivity contribution in [2.45, 2.75) is 32.7 Å². The number of anilines is 1. The number of hydrogen-bond acceptors (Lipinski definition) is 3. The lowest BCUT2D eigenvalue weighted by Gasteiger charge is -2.25. The summed E-state index contributed by atoms with van der Waals surface area (Å²) in [7, 11) is 1.67. The van der Waals surface area contributed by atoms with Crippen molar-refractivity contribution in [3.8, 4) is 5.69 Å². The second kappa shape index (κ2) is 7.05. The van der Waals surface area contributed by atoms with E-state index in [2.05, 4.69) is 10.4 Å². The van der Waals surface area contributed by atoms with Gasteiger partial charge in [0.05, 0.1) is 29.7 Å². The first-order valence-corrected chi connectivity index (χ1v) is 8.29. The molecule has 0 saturated carbocycles. The largest absolute Gasteiger partial charge is 0.383 e. The summed E-state index contributed by atoms with van der Waals surface area (Å²) in [5.41, 5.74) is 3.62. The molecule has 0 spiro atoms. The van der Waals surface area contributed by atoms with Crippen LogP contribution in [0.4, 0.5) is 10.5 Å². The number of methoxy groups -OCH3 is 1. The predicted octanol–water partition coefficient (Wildman–Crippen LogP) is 3.13. The van der Waals surface area contributed by atoms with Crippen molar-refractivity contribution in [2.24, 2.45) is 0 Å². The summed E-state index contributed by atoms with van der Waals surface area (Å²) in [4.78, 5) is 14.6. The van der Waals surface area contributed by atoms with Crippen LogP contribution in [-0.4, -0.2) is 47.0 Å². The van der Waals surface area contributed by atoms with Crippen LogP contribution in [0.2, 0.25) is 0 Å². The molecule has 1 aromatic carbocycles. The van der Waals surface area contributed by atoms with Gasteiger partial charge in [-0.3, -0.25) is 0 Å². The third kappa shape index (κ3) is 3.28. The number of nitrogens with zero attached hydrogens (tertiary/aromatic N) is 3. The molecular formula is C18H24N4O2. The molecule has 1 aliphatic heterocycles. The molecule has 1 aromatic heterocycles. The first-order valence-electron chi connectivity index (χ1n) is 8.29. The summed E-state index contributed by atoms with van der Waals surface area (Å²) in [6, 6.07) is 9.83. The third-order valence-corrected chi connectivity index (χ3v) is 4.38. The number of carbonyl (C=O) groups is 1. The van der Waals surface area contributed by atoms with Gasteiger partial charge in [0.1, 0.15) is 0 Å². The van der Waals surface area contributed by atoms with Gasteiger partial charge in [-0.1, -0.05) is 12.1 Å². The van der Waals surface area contributed by atoms with Gasteiger partial charge < -0.3 is 15.0 Å². The molecule has 6 heteroatoms. The smallest absolute Gasteiger partial charge is 0.322 e. The SMILES string of the molecule is COC[C@@H]1CCCN1C(=O)Nc1ccccc1-n1nc(C)cc1C. The summed E-state index contributed by atoms with van der Waals surface area (Å²) >= 11 is 0. The Morgan fingerprint density at radius 3 is 2.88 bits per heavy atom. The Kier molecular flexibility index (Phi) is 4.85. The van der Waals surface area contributed by atoms with E-state index < -0.39 is 0 Å². The number of carbonyl (C=O) groups excluding carboxylic acids is 1. The highest BCUT2D eigenvalue weighted by atomic mass is 16.5. The number of likely N-dealkylation sites (tertiary alicyclic amines) is 1. The van der Waals surface area contributed by atoms with Crippen molar-refractivity contribution in [3.63, 3.8) is 0 Å². The van der Waals surface area contributed by atoms with Gasteiger partial charge in [0.15, 0.2) is 0 Å². The summed E-state index contributed by atoms with van der Waals surface area (Å²) in [6.45, 7) is 5.31. The minimum Gasteiger partial charge on any atom is -0.383 e. The van der Waals surface area contributed by atoms with Crippen LogP contribution in [0.25, 0.3) is 5.69 Å². The van der Waals surface area contributed by atoms with Gasteiger partial charge >= 0.3 is 6.03 Å². The molecule has 24 heavy (non-hydrogen) atoms. The zero-order valence-corrected chi connectivity index (χ0v) is 14.5. The van der Waals surface area contributed by atoms with Gasteiger partial charge in [0.25, 0.3) is 0 Å². The lowest BCUT2D eigenvalue weighted by Crippen LogP contribution is -2.41. The Morgan fingerprint density at radius 2 is 2.17 bits per heavy atom. The summed E-state index contributed by atoms with van der Waals surface area (Å²) in [5, 5.41) is 7.57. The van der Waals surface area contributed by atoms with Crippen molar-refractivity contribution in [2.75, 3.05) is 25.6 Å². The lowest BCUT2D eigenvalue weighted by atomic mass is 10.2. The number of amides is 2. The molecular weight excluding hydrogens is 304 g/mol. The highest BCUT2D eigenvalue weighted by Gasteiger charge is 2.29. The molecule has 1 saturated heterocycles. The Bertz CT molecular complexity index is 726. The fourth-order valence-electron chi connectivity index (χ4n) is 3.29. The molecule has 2 aromatic rings. The van der Waals surface area contributed by atoms with Crippen molar-refractivity contribution in [3.05, 3.63) is 41.7 Å². The highest BCUT2D eigenvalue weighted by molar-refractivity contribution is 5.92. The van der Waals surface area contributed by atoms with E-state index in [1.807, 2.05) is 53.8 Å². The van der Waals surface area contributed by atoms with Crippen molar-refractivity contribution >= 4 is 11.7 Å². The van der Waals surface area contributed by atoms with E-state index in [-0.39, 0.29) is 12.1 Å². The zero-order chi connectivity index (χ0) is 17.1. The number of aryl methyl sites for hydroxylation is 2. The number of ether oxygens (including phenoxy) is 1. The van der Waals surface area contributed by atoms with Crippen molar-refractivity contribution in [1.82, 2.24) is 14.7 Å². The number of nitrogens with one attached hydrogen (secondary N) is 1. The molecule has 0 radical (unpaired) electrons. The van der Waals surface area contributed by atoms with E-state index in [1.165, 1.54) is 0 Å². The van der Waals surface area contributed by atoms with E-state index in [9.17, 15) is 4.79 Å². The second-order valence-corrected chi connectivity index (χ2v) is 6.23. The number of rotatable bonds is 4. The molecule has 1 atom stereocenters. The number of hydrogen-bond donors (Lipinski definition) is 1. The first-order chi connectivity index (χ1) is 11.6. The minimum atomic E-state index is -0.0801. The molecule has 0 bridgehead atoms. The van der Waals surface area contributed by atoms with Gasteiger partial charge in [0, 0.05) is 19.3 Å². The van der Waals surface area contributed by atoms with Crippen LogP contribution in [0.1, 0.15) is 24.2 Å². The normalized spacial score (nSPS) is 17.3. The highest BCUT2D eigenvalue weighted by Crippen LogP contribution is 2.24. The monoisotopic (exact) mass is 328 g/mol. The molecule has 0 unspecified atom stereocenters. The van der Waals surface area contributed by atoms with Crippen LogP contribution in [0, 0.1) is 13.8 Å². The lowest BCUT2D eigenvalue weighted by molar-refractivity contribution is 0.128. The number of aromatic nitrogens is 2. The zero-order valence-electron chi connectivity index (χ0n) is 14.5. The molecule has 3 rings (SSSR count). The van der Waals surface area contributed by atoms with Gasteiger partial charge in [-0.25, -0.2) is 9.48 Å². The molecule has 2 amide bonds. The quantitative estimate of drug-likeness (QED) is 0.938. The maximum atomic E-state index is 12.7. The molecule has 128 valence electrons. The van der Waals surface area contributed by atoms with E-state index in [0.29, 0.717) is 6.61 Å². The van der Waals surface area contributed by atoms with Crippen LogP contribution in [0.3, 0.4) is 0 Å². The second-order valence-electron chi connectivity index (χ2n) is 6.23. The Hall–Kier alpha value is -2.34. The van der Waals surface area contributed by atoms with Crippen LogP contribution in [0.15, 0.2) is 30.3 Å². The van der Waals surface area contributed by atoms with E-state index >= 15 is 0 Å². The summed E-state index contributed by atoms with van der Waals surface area (Å²) in [5.74, 6) is 0. The Labute approximate surface area is 142 Å². The number of urea groups is 1. The predicted molar refractivity (Wildman–Crippen MR) is 93.7 cm³/mol. The van der Waals surface area contributed by atoms with E-state index in [4.69, 9.17) is 4.74 Å². The molecule has 1 N–H and O–H groups in total. The minimum absolute atomic E-state index is 0.0801. The number of para-hydroxylation sites is 2. The van der Waals surface area contributed by atoms with Gasteiger partial charge in [-0.05, 0) is 44.9 Å². The van der Waals surface area contributed by atoms with Crippen LogP contribution in [-0.2, 0) is 4.74 Å². The standard InChI is InChI=1S/C18H24N4O2/c1-13-11-14(2)22(20-13)17-9-5-4-8-16(17)19-18(23)21-10-6-7-15(21)12-24-3/h4-5,8-9,11,15H,6-7,10,12H2,1-3H3,(H,19,23)/t15-/m0/s1. The van der Waals surface area contributed by atoms with Crippen molar-refractivity contribution in [1.29, 1.82) is 0 Å². The molecule has 1 fully saturated rings. The van der Waals surface area contributed by atoms with Crippen LogP contribution < -0.4 is 5.32 Å². The topological polar surface area (TPSA) is 59.4 Å². The maximum absolute atomic E-state index is 12.7. The van der Waals surface area contributed by atoms with Gasteiger partial charge in [0.2, 0.25) is 0 Å². The summed E-state index contributed by atoms with van der Waals surface area (Å²) < 4.78 is 7.09. The third-order valence-electron chi connectivity index (χ3n) is 4.38. The van der Waals surface area contributed by atoms with E-state index in [0.717, 1.165) is 42.1 Å². The Morgan fingerprint density at radius 1 is 1.38 bits per heavy atom. The molecule has 1 aliphatic rings. The first kappa shape index (κ1) is 16.5. The van der Waals surface area contributed by atoms with Gasteiger partial charge in [-0.2, -0.15) is 5.10 Å². The average Bonchev–Trinajstić information content (AvgIpc) is 3.14. The van der Waals surface area contributed by atoms with Crippen LogP contribution in [0.5, 0.6) is 0 Å². The van der Waals surface area contributed by atoms with Crippen LogP contribution >= 0.6 is 0 Å². The van der Waals surface area contributed by atoms with Crippen molar-refractivity contribution < 1.29 is 9.53 Å². The summed E-state index contributed by atoms with van der Waals surface area (Å²) in [6.07, 6.45) is 2.00. The number of benzene rings is 1. The fourth-order valence-corrected chi connectivity index (χ4v) is 3.29. The maximum Gasteiger partial charge on any atom is 0.322 e. The van der Waals surface area contributed by atoms with E-state index in [1.54, 1.807) is 7.11 Å².